The summed E-state index contributed by atoms with van der Waals surface area (Å²) in [7, 11) is 0. The summed E-state index contributed by atoms with van der Waals surface area (Å²) in [5.41, 5.74) is 4.38. The lowest BCUT2D eigenvalue weighted by Crippen LogP contribution is -1.88. The van der Waals surface area contributed by atoms with E-state index in [4.69, 9.17) is 0 Å². The van der Waals surface area contributed by atoms with E-state index in [0.29, 0.717) is 0 Å². The molecule has 0 atom stereocenters. The fourth-order valence-corrected chi connectivity index (χ4v) is 2.35. The van der Waals surface area contributed by atoms with Gasteiger partial charge in [0.15, 0.2) is 0 Å². The molecule has 0 bridgehead atoms. The van der Waals surface area contributed by atoms with Crippen LogP contribution in [0.25, 0.3) is 5.69 Å². The predicted octanol–water partition coefficient (Wildman–Crippen LogP) is 5.30. The Balaban J connectivity index is 1.81. The second-order valence-electron chi connectivity index (χ2n) is 4.88. The number of hydrogen-bond acceptors (Lipinski definition) is 1. The van der Waals surface area contributed by atoms with Crippen molar-refractivity contribution in [1.82, 2.24) is 4.57 Å². The van der Waals surface area contributed by atoms with Crippen LogP contribution in [0.2, 0.25) is 0 Å². The van der Waals surface area contributed by atoms with Gasteiger partial charge in [0.05, 0.1) is 5.69 Å². The first-order valence-corrected chi connectivity index (χ1v) is 7.55. The molecule has 0 fully saturated rings. The predicted molar refractivity (Wildman–Crippen MR) is 91.9 cm³/mol. The zero-order chi connectivity index (χ0) is 14.7. The summed E-state index contributed by atoms with van der Waals surface area (Å²) < 4.78 is 3.20. The maximum atomic E-state index is 4.53. The molecule has 0 saturated carbocycles. The van der Waals surface area contributed by atoms with E-state index in [9.17, 15) is 0 Å². The van der Waals surface area contributed by atoms with Crippen molar-refractivity contribution in [3.63, 3.8) is 0 Å². The average molecular weight is 339 g/mol. The molecule has 0 aliphatic heterocycles. The van der Waals surface area contributed by atoms with Gasteiger partial charge in [0.1, 0.15) is 0 Å². The van der Waals surface area contributed by atoms with Crippen LogP contribution in [-0.2, 0) is 0 Å². The van der Waals surface area contributed by atoms with Crippen LogP contribution in [0.4, 0.5) is 5.69 Å². The van der Waals surface area contributed by atoms with Gasteiger partial charge in [-0.05, 0) is 48.9 Å². The van der Waals surface area contributed by atoms with Crippen molar-refractivity contribution in [3.8, 4) is 5.69 Å². The highest BCUT2D eigenvalue weighted by Gasteiger charge is 1.98. The molecule has 3 rings (SSSR count). The Hall–Kier alpha value is -2.13. The third-order valence-electron chi connectivity index (χ3n) is 3.27. The molecular weight excluding hydrogens is 324 g/mol. The van der Waals surface area contributed by atoms with E-state index in [1.807, 2.05) is 42.7 Å². The fraction of sp³-hybridized carbons (Fsp3) is 0.0556. The average Bonchev–Trinajstić information content (AvgIpc) is 2.98. The molecule has 0 unspecified atom stereocenters. The van der Waals surface area contributed by atoms with E-state index >= 15 is 0 Å². The molecule has 0 radical (unpaired) electrons. The molecule has 2 aromatic carbocycles. The summed E-state index contributed by atoms with van der Waals surface area (Å²) in [5.74, 6) is 0. The first kappa shape index (κ1) is 13.8. The molecule has 21 heavy (non-hydrogen) atoms. The molecule has 104 valence electrons. The van der Waals surface area contributed by atoms with Crippen LogP contribution >= 0.6 is 15.9 Å². The quantitative estimate of drug-likeness (QED) is 0.576. The van der Waals surface area contributed by atoms with Gasteiger partial charge in [0, 0.05) is 34.3 Å². The Bertz CT molecular complexity index is 773. The van der Waals surface area contributed by atoms with Crippen LogP contribution < -0.4 is 0 Å². The largest absolute Gasteiger partial charge is 0.323 e. The molecular formula is C18H15BrN2. The molecule has 0 spiro atoms. The van der Waals surface area contributed by atoms with E-state index in [1.165, 1.54) is 5.56 Å². The first-order valence-electron chi connectivity index (χ1n) is 6.76. The SMILES string of the molecule is Cc1cc(N=Cc2ccn(-c3ccccc3)c2)ccc1Br. The normalized spacial score (nSPS) is 11.1. The molecule has 1 aromatic heterocycles. The lowest BCUT2D eigenvalue weighted by molar-refractivity contribution is 1.08. The minimum absolute atomic E-state index is 0.961. The van der Waals surface area contributed by atoms with Crippen LogP contribution in [0.5, 0.6) is 0 Å². The third kappa shape index (κ3) is 3.31. The molecule has 3 heteroatoms. The molecule has 0 amide bonds. The summed E-state index contributed by atoms with van der Waals surface area (Å²) in [6.45, 7) is 2.06. The number of para-hydroxylation sites is 1. The number of aryl methyl sites for hydroxylation is 1. The van der Waals surface area contributed by atoms with Gasteiger partial charge in [-0.25, -0.2) is 0 Å². The number of rotatable bonds is 3. The van der Waals surface area contributed by atoms with Crippen molar-refractivity contribution in [2.24, 2.45) is 4.99 Å². The number of aliphatic imine (C=N–C) groups is 1. The molecule has 2 nitrogen and oxygen atoms in total. The summed E-state index contributed by atoms with van der Waals surface area (Å²) in [5, 5.41) is 0. The second-order valence-corrected chi connectivity index (χ2v) is 5.73. The van der Waals surface area contributed by atoms with E-state index in [1.54, 1.807) is 0 Å². The number of hydrogen-bond donors (Lipinski definition) is 0. The lowest BCUT2D eigenvalue weighted by Gasteiger charge is -2.00. The van der Waals surface area contributed by atoms with Crippen molar-refractivity contribution >= 4 is 27.8 Å². The van der Waals surface area contributed by atoms with Crippen molar-refractivity contribution in [2.75, 3.05) is 0 Å². The van der Waals surface area contributed by atoms with Crippen molar-refractivity contribution in [2.45, 2.75) is 6.92 Å². The van der Waals surface area contributed by atoms with Crippen LogP contribution in [-0.4, -0.2) is 10.8 Å². The standard InChI is InChI=1S/C18H15BrN2/c1-14-11-16(7-8-18(14)19)20-12-15-9-10-21(13-15)17-5-3-2-4-6-17/h2-13H,1H3. The molecule has 0 saturated heterocycles. The zero-order valence-electron chi connectivity index (χ0n) is 11.7. The zero-order valence-corrected chi connectivity index (χ0v) is 13.3. The highest BCUT2D eigenvalue weighted by Crippen LogP contribution is 2.22. The fourth-order valence-electron chi connectivity index (χ4n) is 2.11. The first-order chi connectivity index (χ1) is 10.2. The number of nitrogens with zero attached hydrogens (tertiary/aromatic N) is 2. The minimum atomic E-state index is 0.961. The van der Waals surface area contributed by atoms with Gasteiger partial charge in [-0.3, -0.25) is 4.99 Å². The highest BCUT2D eigenvalue weighted by molar-refractivity contribution is 9.10. The maximum Gasteiger partial charge on any atom is 0.0633 e. The van der Waals surface area contributed by atoms with Crippen molar-refractivity contribution < 1.29 is 0 Å². The Morgan fingerprint density at radius 1 is 1.05 bits per heavy atom. The number of aromatic nitrogens is 1. The van der Waals surface area contributed by atoms with Crippen molar-refractivity contribution in [3.05, 3.63) is 82.6 Å². The molecule has 3 aromatic rings. The van der Waals surface area contributed by atoms with Gasteiger partial charge in [-0.2, -0.15) is 0 Å². The van der Waals surface area contributed by atoms with Gasteiger partial charge >= 0.3 is 0 Å². The second kappa shape index (κ2) is 6.10. The summed E-state index contributed by atoms with van der Waals surface area (Å²) in [4.78, 5) is 4.53. The van der Waals surface area contributed by atoms with E-state index < -0.39 is 0 Å². The van der Waals surface area contributed by atoms with Gasteiger partial charge in [0.25, 0.3) is 0 Å². The monoisotopic (exact) mass is 338 g/mol. The summed E-state index contributed by atoms with van der Waals surface area (Å²) >= 11 is 3.50. The summed E-state index contributed by atoms with van der Waals surface area (Å²) in [6, 6.07) is 18.4. The van der Waals surface area contributed by atoms with E-state index in [2.05, 4.69) is 62.9 Å². The van der Waals surface area contributed by atoms with E-state index in [0.717, 1.165) is 21.4 Å². The van der Waals surface area contributed by atoms with Crippen LogP contribution in [0.1, 0.15) is 11.1 Å². The van der Waals surface area contributed by atoms with Gasteiger partial charge < -0.3 is 4.57 Å². The highest BCUT2D eigenvalue weighted by atomic mass is 79.9. The van der Waals surface area contributed by atoms with Crippen LogP contribution in [0.3, 0.4) is 0 Å². The minimum Gasteiger partial charge on any atom is -0.323 e. The van der Waals surface area contributed by atoms with Crippen LogP contribution in [0, 0.1) is 6.92 Å². The third-order valence-corrected chi connectivity index (χ3v) is 4.16. The Morgan fingerprint density at radius 2 is 1.86 bits per heavy atom. The van der Waals surface area contributed by atoms with Crippen LogP contribution in [0.15, 0.2) is 76.5 Å². The number of halogens is 1. The Kier molecular flexibility index (Phi) is 4.02. The molecule has 0 N–H and O–H groups in total. The van der Waals surface area contributed by atoms with Crippen molar-refractivity contribution in [1.29, 1.82) is 0 Å². The van der Waals surface area contributed by atoms with Gasteiger partial charge in [-0.15, -0.1) is 0 Å². The topological polar surface area (TPSA) is 17.3 Å². The van der Waals surface area contributed by atoms with E-state index in [-0.39, 0.29) is 0 Å². The summed E-state index contributed by atoms with van der Waals surface area (Å²) in [6.07, 6.45) is 6.01. The maximum absolute atomic E-state index is 4.53. The van der Waals surface area contributed by atoms with Gasteiger partial charge in [0.2, 0.25) is 0 Å². The molecule has 0 aliphatic carbocycles. The molecule has 1 heterocycles. The van der Waals surface area contributed by atoms with Gasteiger partial charge in [-0.1, -0.05) is 34.1 Å². The Labute approximate surface area is 132 Å². The lowest BCUT2D eigenvalue weighted by atomic mass is 10.2. The number of benzene rings is 2. The smallest absolute Gasteiger partial charge is 0.0633 e. The Morgan fingerprint density at radius 3 is 2.62 bits per heavy atom. The molecule has 0 aliphatic rings.